The third kappa shape index (κ3) is 9.56. The molecule has 0 fully saturated rings. The summed E-state index contributed by atoms with van der Waals surface area (Å²) in [6.45, 7) is 0. The highest BCUT2D eigenvalue weighted by Gasteiger charge is 2.43. The molecule has 21 heteroatoms. The quantitative estimate of drug-likeness (QED) is 0.175. The Morgan fingerprint density at radius 2 is 1.28 bits per heavy atom. The number of hydrogen-bond acceptors (Lipinski definition) is 5. The molecule has 3 N–H and O–H groups in total. The number of alkyl halides is 9. The van der Waals surface area contributed by atoms with Crippen LogP contribution in [0, 0.1) is 17.5 Å². The number of rotatable bonds is 4. The van der Waals surface area contributed by atoms with E-state index in [-0.39, 0.29) is 16.9 Å². The standard InChI is InChI=1S/C21H12F6N4O.2C2HF3O2/c22-12-9-11(10-13(23)16(12)24)19-29-17(15-6-2-4-8-31(15)19)20(32)30-18(21(25,26)27)14-5-1-3-7-28-14;2*3-2(4,5)1(6)7/h1-10,18H,(H,30,32);2*(H,6,7). The van der Waals surface area contributed by atoms with Gasteiger partial charge in [-0.3, -0.25) is 14.2 Å². The Morgan fingerprint density at radius 1 is 0.783 bits per heavy atom. The molecule has 4 aromatic rings. The molecule has 0 spiro atoms. The monoisotopic (exact) mass is 678 g/mol. The number of imidazole rings is 1. The maximum absolute atomic E-state index is 13.7. The molecule has 9 nitrogen and oxygen atoms in total. The van der Waals surface area contributed by atoms with Crippen molar-refractivity contribution in [1.82, 2.24) is 19.7 Å². The number of fused-ring (bicyclic) bond motifs is 1. The molecular formula is C25H14F12N4O5. The van der Waals surface area contributed by atoms with Crippen LogP contribution in [0.1, 0.15) is 22.2 Å². The van der Waals surface area contributed by atoms with Crippen molar-refractivity contribution in [2.45, 2.75) is 24.6 Å². The minimum atomic E-state index is -5.08. The van der Waals surface area contributed by atoms with Crippen molar-refractivity contribution in [3.8, 4) is 11.4 Å². The Labute approximate surface area is 246 Å². The van der Waals surface area contributed by atoms with Crippen molar-refractivity contribution in [1.29, 1.82) is 0 Å². The number of carboxylic acid groups (broad SMARTS) is 2. The average Bonchev–Trinajstić information content (AvgIpc) is 3.34. The fourth-order valence-electron chi connectivity index (χ4n) is 3.16. The number of hydrogen-bond donors (Lipinski definition) is 3. The van der Waals surface area contributed by atoms with Gasteiger partial charge in [0, 0.05) is 18.0 Å². The molecule has 3 aromatic heterocycles. The first-order chi connectivity index (χ1) is 21.1. The van der Waals surface area contributed by atoms with Gasteiger partial charge in [-0.05, 0) is 36.4 Å². The maximum Gasteiger partial charge on any atom is 0.490 e. The number of nitrogens with one attached hydrogen (secondary N) is 1. The normalized spacial score (nSPS) is 12.3. The number of nitrogens with zero attached hydrogens (tertiary/aromatic N) is 3. The number of carbonyl (C=O) groups excluding carboxylic acids is 1. The topological polar surface area (TPSA) is 134 Å². The lowest BCUT2D eigenvalue weighted by molar-refractivity contribution is -0.193. The van der Waals surface area contributed by atoms with E-state index in [4.69, 9.17) is 19.8 Å². The number of aliphatic carboxylic acids is 2. The molecule has 46 heavy (non-hydrogen) atoms. The second kappa shape index (κ2) is 14.2. The van der Waals surface area contributed by atoms with Crippen LogP contribution in [0.15, 0.2) is 60.9 Å². The van der Waals surface area contributed by atoms with Crippen LogP contribution in [-0.4, -0.2) is 61.0 Å². The summed E-state index contributed by atoms with van der Waals surface area (Å²) in [5.74, 6) is -11.5. The Bertz CT molecular complexity index is 1660. The Morgan fingerprint density at radius 3 is 1.72 bits per heavy atom. The molecule has 0 aliphatic heterocycles. The van der Waals surface area contributed by atoms with E-state index < -0.39 is 71.3 Å². The number of pyridine rings is 2. The highest BCUT2D eigenvalue weighted by molar-refractivity contribution is 6.00. The molecule has 0 bridgehead atoms. The Kier molecular flexibility index (Phi) is 11.3. The SMILES string of the molecule is O=C(NC(c1ccccn1)C(F)(F)F)c1nc(-c2cc(F)c(F)c(F)c2)n2ccccc12.O=C(O)C(F)(F)F.O=C(O)C(F)(F)F. The van der Waals surface area contributed by atoms with Crippen molar-refractivity contribution >= 4 is 23.4 Å². The third-order valence-corrected chi connectivity index (χ3v) is 5.08. The van der Waals surface area contributed by atoms with E-state index in [0.29, 0.717) is 12.1 Å². The molecule has 1 atom stereocenters. The van der Waals surface area contributed by atoms with Crippen LogP contribution in [-0.2, 0) is 9.59 Å². The summed E-state index contributed by atoms with van der Waals surface area (Å²) in [6, 6.07) is 7.23. The second-order valence-electron chi connectivity index (χ2n) is 8.30. The van der Waals surface area contributed by atoms with Gasteiger partial charge in [0.25, 0.3) is 5.91 Å². The molecule has 4 rings (SSSR count). The van der Waals surface area contributed by atoms with Crippen LogP contribution in [0.3, 0.4) is 0 Å². The number of carboxylic acids is 2. The van der Waals surface area contributed by atoms with Crippen LogP contribution in [0.5, 0.6) is 0 Å². The van der Waals surface area contributed by atoms with Crippen molar-refractivity contribution in [2.75, 3.05) is 0 Å². The van der Waals surface area contributed by atoms with Crippen LogP contribution >= 0.6 is 0 Å². The molecule has 1 aromatic carbocycles. The van der Waals surface area contributed by atoms with Crippen LogP contribution in [0.25, 0.3) is 16.9 Å². The number of amides is 1. The van der Waals surface area contributed by atoms with E-state index >= 15 is 0 Å². The van der Waals surface area contributed by atoms with Crippen molar-refractivity contribution in [3.63, 3.8) is 0 Å². The fourth-order valence-corrected chi connectivity index (χ4v) is 3.16. The van der Waals surface area contributed by atoms with Gasteiger partial charge in [-0.1, -0.05) is 12.1 Å². The first kappa shape index (κ1) is 36.8. The predicted octanol–water partition coefficient (Wildman–Crippen LogP) is 6.11. The molecule has 248 valence electrons. The van der Waals surface area contributed by atoms with E-state index in [9.17, 15) is 57.5 Å². The summed E-state index contributed by atoms with van der Waals surface area (Å²) >= 11 is 0. The third-order valence-electron chi connectivity index (χ3n) is 5.08. The zero-order valence-corrected chi connectivity index (χ0v) is 21.8. The minimum absolute atomic E-state index is 0.0760. The molecule has 0 aliphatic carbocycles. The van der Waals surface area contributed by atoms with Gasteiger partial charge in [-0.15, -0.1) is 0 Å². The van der Waals surface area contributed by atoms with Gasteiger partial charge in [0.15, 0.2) is 29.2 Å². The fraction of sp³-hybridized carbons (Fsp3) is 0.160. The lowest BCUT2D eigenvalue weighted by Gasteiger charge is -2.20. The number of carbonyl (C=O) groups is 3. The van der Waals surface area contributed by atoms with Gasteiger partial charge in [0.05, 0.1) is 11.2 Å². The van der Waals surface area contributed by atoms with E-state index in [2.05, 4.69) is 9.97 Å². The van der Waals surface area contributed by atoms with Crippen molar-refractivity contribution < 1.29 is 77.3 Å². The smallest absolute Gasteiger partial charge is 0.475 e. The average molecular weight is 678 g/mol. The first-order valence-electron chi connectivity index (χ1n) is 11.6. The molecule has 0 saturated heterocycles. The first-order valence-corrected chi connectivity index (χ1v) is 11.6. The van der Waals surface area contributed by atoms with Gasteiger partial charge in [0.1, 0.15) is 5.82 Å². The molecule has 0 radical (unpaired) electrons. The number of halogens is 12. The number of aromatic nitrogens is 3. The molecule has 0 saturated carbocycles. The summed E-state index contributed by atoms with van der Waals surface area (Å²) in [6.07, 6.45) is -12.5. The Balaban J connectivity index is 0.000000440. The lowest BCUT2D eigenvalue weighted by atomic mass is 10.1. The maximum atomic E-state index is 13.7. The Hall–Kier alpha value is -5.37. The zero-order chi connectivity index (χ0) is 35.2. The zero-order valence-electron chi connectivity index (χ0n) is 21.8. The van der Waals surface area contributed by atoms with Gasteiger partial charge >= 0.3 is 30.5 Å². The van der Waals surface area contributed by atoms with E-state index in [1.54, 1.807) is 0 Å². The van der Waals surface area contributed by atoms with E-state index in [1.807, 2.05) is 5.32 Å². The molecule has 3 heterocycles. The van der Waals surface area contributed by atoms with Gasteiger partial charge in [-0.25, -0.2) is 27.7 Å². The summed E-state index contributed by atoms with van der Waals surface area (Å²) in [7, 11) is 0. The van der Waals surface area contributed by atoms with E-state index in [0.717, 1.165) is 12.3 Å². The molecular weight excluding hydrogens is 664 g/mol. The van der Waals surface area contributed by atoms with Crippen LogP contribution < -0.4 is 5.32 Å². The minimum Gasteiger partial charge on any atom is -0.475 e. The highest BCUT2D eigenvalue weighted by Crippen LogP contribution is 2.32. The largest absolute Gasteiger partial charge is 0.490 e. The summed E-state index contributed by atoms with van der Waals surface area (Å²) in [5, 5.41) is 16.1. The van der Waals surface area contributed by atoms with Gasteiger partial charge < -0.3 is 15.5 Å². The molecule has 0 aliphatic rings. The predicted molar refractivity (Wildman–Crippen MR) is 128 cm³/mol. The van der Waals surface area contributed by atoms with Gasteiger partial charge in [0.2, 0.25) is 0 Å². The molecule has 1 unspecified atom stereocenters. The second-order valence-corrected chi connectivity index (χ2v) is 8.30. The van der Waals surface area contributed by atoms with Crippen molar-refractivity contribution in [3.05, 3.63) is 89.8 Å². The van der Waals surface area contributed by atoms with Crippen molar-refractivity contribution in [2.24, 2.45) is 0 Å². The van der Waals surface area contributed by atoms with Crippen LogP contribution in [0.2, 0.25) is 0 Å². The number of benzene rings is 1. The lowest BCUT2D eigenvalue weighted by Crippen LogP contribution is -2.38. The highest BCUT2D eigenvalue weighted by atomic mass is 19.4. The summed E-state index contributed by atoms with van der Waals surface area (Å²) in [5.41, 5.74) is -0.985. The summed E-state index contributed by atoms with van der Waals surface area (Å²) < 4.78 is 146. The molecule has 1 amide bonds. The summed E-state index contributed by atoms with van der Waals surface area (Å²) in [4.78, 5) is 38.3. The van der Waals surface area contributed by atoms with Crippen LogP contribution in [0.4, 0.5) is 52.7 Å². The van der Waals surface area contributed by atoms with E-state index in [1.165, 1.54) is 40.9 Å². The van der Waals surface area contributed by atoms with Gasteiger partial charge in [-0.2, -0.15) is 39.5 Å².